The molecule has 1 saturated heterocycles. The van der Waals surface area contributed by atoms with Crippen LogP contribution in [0.3, 0.4) is 0 Å². The van der Waals surface area contributed by atoms with Gasteiger partial charge in [-0.25, -0.2) is 0 Å². The smallest absolute Gasteiger partial charge is 0.0580 e. The van der Waals surface area contributed by atoms with E-state index in [1.54, 1.807) is 0 Å². The topological polar surface area (TPSA) is 9.23 Å². The Kier molecular flexibility index (Phi) is 6.72. The quantitative estimate of drug-likeness (QED) is 0.501. The Morgan fingerprint density at radius 2 is 1.62 bits per heavy atom. The summed E-state index contributed by atoms with van der Waals surface area (Å²) in [5, 5.41) is 0. The molecule has 0 N–H and O–H groups in total. The Hall–Kier alpha value is -1.38. The Morgan fingerprint density at radius 1 is 0.962 bits per heavy atom. The van der Waals surface area contributed by atoms with Gasteiger partial charge in [-0.15, -0.1) is 0 Å². The van der Waals surface area contributed by atoms with E-state index < -0.39 is 8.07 Å². The van der Waals surface area contributed by atoms with E-state index in [1.165, 1.54) is 42.9 Å². The number of hydrogen-bond donors (Lipinski definition) is 0. The number of hydrogen-bond acceptors (Lipinski definition) is 1. The van der Waals surface area contributed by atoms with Crippen molar-refractivity contribution in [3.05, 3.63) is 71.8 Å². The molecule has 3 rings (SSSR count). The van der Waals surface area contributed by atoms with Gasteiger partial charge in [0.15, 0.2) is 0 Å². The van der Waals surface area contributed by atoms with Crippen molar-refractivity contribution in [1.82, 2.24) is 0 Å². The number of rotatable bonds is 7. The van der Waals surface area contributed by atoms with Crippen LogP contribution in [0.4, 0.5) is 0 Å². The summed E-state index contributed by atoms with van der Waals surface area (Å²) in [6, 6.07) is 23.3. The lowest BCUT2D eigenvalue weighted by Crippen LogP contribution is -2.46. The number of unbranched alkanes of at least 4 members (excludes halogenated alkanes) is 1. The van der Waals surface area contributed by atoms with Gasteiger partial charge in [-0.1, -0.05) is 99.1 Å². The highest BCUT2D eigenvalue weighted by Crippen LogP contribution is 2.44. The lowest BCUT2D eigenvalue weighted by atomic mass is 9.89. The minimum Gasteiger partial charge on any atom is -0.378 e. The minimum atomic E-state index is -1.46. The predicted octanol–water partition coefficient (Wildman–Crippen LogP) is 6.61. The maximum Gasteiger partial charge on any atom is 0.0580 e. The molecule has 1 nitrogen and oxygen atoms in total. The van der Waals surface area contributed by atoms with Gasteiger partial charge in [0.05, 0.1) is 20.8 Å². The molecule has 2 aromatic rings. The second-order valence-electron chi connectivity index (χ2n) is 8.61. The Bertz CT molecular complexity index is 652. The molecule has 26 heavy (non-hydrogen) atoms. The summed E-state index contributed by atoms with van der Waals surface area (Å²) in [6.45, 7) is 8.35. The van der Waals surface area contributed by atoms with Crippen LogP contribution < -0.4 is 0 Å². The summed E-state index contributed by atoms with van der Waals surface area (Å²) >= 11 is 0. The molecule has 1 aliphatic heterocycles. The maximum atomic E-state index is 6.52. The molecule has 2 aromatic carbocycles. The van der Waals surface area contributed by atoms with Crippen LogP contribution in [0.15, 0.2) is 60.7 Å². The molecule has 1 heterocycles. The molecule has 0 saturated carbocycles. The standard InChI is InChI=1S/C24H34OSi/c1-4-5-16-23-24(26(2,3)19-20-12-8-6-9-13-20)17-22(18-25-23)21-14-10-7-11-15-21/h6-15,22-24H,4-5,16-19H2,1-3H3/t22-,23-,24+/m1/s1. The molecule has 2 heteroatoms. The van der Waals surface area contributed by atoms with Crippen molar-refractivity contribution in [3.63, 3.8) is 0 Å². The molecular weight excluding hydrogens is 332 g/mol. The van der Waals surface area contributed by atoms with Crippen LogP contribution in [0.25, 0.3) is 0 Å². The fourth-order valence-corrected chi connectivity index (χ4v) is 8.35. The van der Waals surface area contributed by atoms with Crippen LogP contribution in [0.2, 0.25) is 18.6 Å². The molecular formula is C24H34OSi. The third-order valence-electron chi connectivity index (χ3n) is 6.12. The van der Waals surface area contributed by atoms with Gasteiger partial charge in [-0.2, -0.15) is 0 Å². The van der Waals surface area contributed by atoms with E-state index >= 15 is 0 Å². The summed E-state index contributed by atoms with van der Waals surface area (Å²) in [5.41, 5.74) is 3.68. The van der Waals surface area contributed by atoms with Gasteiger partial charge in [0.2, 0.25) is 0 Å². The summed E-state index contributed by atoms with van der Waals surface area (Å²) in [4.78, 5) is 0. The van der Waals surface area contributed by atoms with Crippen molar-refractivity contribution >= 4 is 8.07 Å². The van der Waals surface area contributed by atoms with Crippen LogP contribution >= 0.6 is 0 Å². The monoisotopic (exact) mass is 366 g/mol. The van der Waals surface area contributed by atoms with E-state index in [0.29, 0.717) is 12.0 Å². The highest BCUT2D eigenvalue weighted by molar-refractivity contribution is 6.78. The van der Waals surface area contributed by atoms with Gasteiger partial charge in [0.1, 0.15) is 0 Å². The average Bonchev–Trinajstić information content (AvgIpc) is 2.67. The van der Waals surface area contributed by atoms with Crippen molar-refractivity contribution in [2.45, 2.75) is 69.3 Å². The van der Waals surface area contributed by atoms with Gasteiger partial charge in [0, 0.05) is 5.92 Å². The van der Waals surface area contributed by atoms with Crippen LogP contribution in [-0.4, -0.2) is 20.8 Å². The lowest BCUT2D eigenvalue weighted by molar-refractivity contribution is -0.00365. The van der Waals surface area contributed by atoms with Crippen LogP contribution in [-0.2, 0) is 10.8 Å². The van der Waals surface area contributed by atoms with Crippen molar-refractivity contribution < 1.29 is 4.74 Å². The van der Waals surface area contributed by atoms with Crippen molar-refractivity contribution in [2.75, 3.05) is 6.61 Å². The van der Waals surface area contributed by atoms with Gasteiger partial charge >= 0.3 is 0 Å². The highest BCUT2D eigenvalue weighted by Gasteiger charge is 2.42. The van der Waals surface area contributed by atoms with Gasteiger partial charge in [-0.3, -0.25) is 0 Å². The van der Waals surface area contributed by atoms with Gasteiger partial charge in [-0.05, 0) is 30.0 Å². The molecule has 0 aromatic heterocycles. The first kappa shape index (κ1) is 19.4. The van der Waals surface area contributed by atoms with Crippen LogP contribution in [0.5, 0.6) is 0 Å². The molecule has 0 bridgehead atoms. The first-order chi connectivity index (χ1) is 12.6. The molecule has 0 amide bonds. The van der Waals surface area contributed by atoms with Crippen LogP contribution in [0.1, 0.15) is 49.7 Å². The zero-order valence-corrected chi connectivity index (χ0v) is 17.7. The SMILES string of the molecule is CCCC[C@H]1OC[C@H](c2ccccc2)C[C@@H]1[Si](C)(C)Cc1ccccc1. The Morgan fingerprint density at radius 3 is 2.27 bits per heavy atom. The third kappa shape index (κ3) is 4.86. The molecule has 1 fully saturated rings. The van der Waals surface area contributed by atoms with Crippen molar-refractivity contribution in [3.8, 4) is 0 Å². The molecule has 140 valence electrons. The van der Waals surface area contributed by atoms with E-state index in [2.05, 4.69) is 80.7 Å². The first-order valence-corrected chi connectivity index (χ1v) is 13.6. The van der Waals surface area contributed by atoms with Gasteiger partial charge < -0.3 is 4.74 Å². The molecule has 0 radical (unpaired) electrons. The zero-order valence-electron chi connectivity index (χ0n) is 16.7. The predicted molar refractivity (Wildman–Crippen MR) is 114 cm³/mol. The lowest BCUT2D eigenvalue weighted by Gasteiger charge is -2.44. The second kappa shape index (κ2) is 9.01. The summed E-state index contributed by atoms with van der Waals surface area (Å²) < 4.78 is 6.52. The highest BCUT2D eigenvalue weighted by atomic mass is 28.3. The normalized spacial score (nSPS) is 23.7. The van der Waals surface area contributed by atoms with Gasteiger partial charge in [0.25, 0.3) is 0 Å². The Balaban J connectivity index is 1.79. The summed E-state index contributed by atoms with van der Waals surface area (Å²) in [5.74, 6) is 0.557. The number of ether oxygens (including phenoxy) is 1. The van der Waals surface area contributed by atoms with E-state index in [4.69, 9.17) is 4.74 Å². The zero-order chi connectivity index (χ0) is 18.4. The fraction of sp³-hybridized carbons (Fsp3) is 0.500. The first-order valence-electron chi connectivity index (χ1n) is 10.3. The third-order valence-corrected chi connectivity index (χ3v) is 10.1. The minimum absolute atomic E-state index is 0.459. The molecule has 0 spiro atoms. The fourth-order valence-electron chi connectivity index (χ4n) is 4.60. The van der Waals surface area contributed by atoms with Crippen LogP contribution in [0, 0.1) is 0 Å². The van der Waals surface area contributed by atoms with Crippen molar-refractivity contribution in [2.24, 2.45) is 0 Å². The molecule has 0 aliphatic carbocycles. The van der Waals surface area contributed by atoms with E-state index in [1.807, 2.05) is 0 Å². The summed E-state index contributed by atoms with van der Waals surface area (Å²) in [7, 11) is -1.46. The van der Waals surface area contributed by atoms with E-state index in [0.717, 1.165) is 12.1 Å². The molecule has 0 unspecified atom stereocenters. The van der Waals surface area contributed by atoms with E-state index in [-0.39, 0.29) is 0 Å². The maximum absolute atomic E-state index is 6.52. The summed E-state index contributed by atoms with van der Waals surface area (Å²) in [6.07, 6.45) is 5.53. The van der Waals surface area contributed by atoms with E-state index in [9.17, 15) is 0 Å². The van der Waals surface area contributed by atoms with Crippen molar-refractivity contribution in [1.29, 1.82) is 0 Å². The Labute approximate surface area is 160 Å². The second-order valence-corrected chi connectivity index (χ2v) is 13.7. The average molecular weight is 367 g/mol. The molecule has 3 atom stereocenters. The number of benzene rings is 2. The molecule has 1 aliphatic rings. The largest absolute Gasteiger partial charge is 0.378 e.